The van der Waals surface area contributed by atoms with Crippen LogP contribution in [0, 0.1) is 0 Å². The topological polar surface area (TPSA) is 51.2 Å². The molecule has 1 heterocycles. The van der Waals surface area contributed by atoms with Gasteiger partial charge in [-0.3, -0.25) is 9.78 Å². The molecule has 120 valence electrons. The minimum absolute atomic E-state index is 0.0653. The highest BCUT2D eigenvalue weighted by Gasteiger charge is 2.01. The molecule has 23 heavy (non-hydrogen) atoms. The Morgan fingerprint density at radius 1 is 1.26 bits per heavy atom. The number of allylic oxidation sites excluding steroid dienone is 1. The third-order valence-electron chi connectivity index (χ3n) is 3.56. The molecule has 0 atom stereocenters. The van der Waals surface area contributed by atoms with Crippen LogP contribution in [0.5, 0.6) is 5.75 Å². The number of aryl methyl sites for hydroxylation is 1. The fraction of sp³-hybridized carbons (Fsp3) is 0.263. The quantitative estimate of drug-likeness (QED) is 0.631. The Morgan fingerprint density at radius 3 is 2.70 bits per heavy atom. The van der Waals surface area contributed by atoms with Gasteiger partial charge in [0.1, 0.15) is 5.75 Å². The van der Waals surface area contributed by atoms with Gasteiger partial charge in [-0.15, -0.1) is 0 Å². The van der Waals surface area contributed by atoms with Crippen LogP contribution >= 0.6 is 0 Å². The minimum Gasteiger partial charge on any atom is -0.497 e. The van der Waals surface area contributed by atoms with Gasteiger partial charge in [-0.2, -0.15) is 0 Å². The number of carbonyl (C=O) groups is 1. The van der Waals surface area contributed by atoms with Crippen molar-refractivity contribution in [3.8, 4) is 5.75 Å². The lowest BCUT2D eigenvalue weighted by molar-refractivity contribution is -0.116. The first-order valence-electron chi connectivity index (χ1n) is 7.68. The molecule has 0 bridgehead atoms. The second-order valence-electron chi connectivity index (χ2n) is 5.31. The molecule has 4 nitrogen and oxygen atoms in total. The summed E-state index contributed by atoms with van der Waals surface area (Å²) in [5.41, 5.74) is 3.13. The van der Waals surface area contributed by atoms with Crippen LogP contribution < -0.4 is 10.1 Å². The van der Waals surface area contributed by atoms with E-state index in [4.69, 9.17) is 4.74 Å². The maximum Gasteiger partial charge on any atom is 0.244 e. The largest absolute Gasteiger partial charge is 0.497 e. The Kier molecular flexibility index (Phi) is 6.36. The predicted octanol–water partition coefficient (Wildman–Crippen LogP) is 3.24. The lowest BCUT2D eigenvalue weighted by Gasteiger charge is -2.05. The zero-order valence-corrected chi connectivity index (χ0v) is 13.6. The summed E-state index contributed by atoms with van der Waals surface area (Å²) in [5.74, 6) is 0.742. The van der Waals surface area contributed by atoms with E-state index in [0.29, 0.717) is 6.54 Å². The maximum absolute atomic E-state index is 11.9. The lowest BCUT2D eigenvalue weighted by Crippen LogP contribution is -2.22. The number of hydrogen-bond donors (Lipinski definition) is 1. The molecule has 0 spiro atoms. The van der Waals surface area contributed by atoms with Crippen molar-refractivity contribution in [1.82, 2.24) is 10.3 Å². The van der Waals surface area contributed by atoms with Crippen molar-refractivity contribution in [3.05, 3.63) is 66.0 Å². The Bertz CT molecular complexity index is 649. The number of hydrogen-bond acceptors (Lipinski definition) is 3. The molecule has 0 aliphatic rings. The standard InChI is InChI=1S/C19H22N2O2/c1-15(17-7-9-18(23-2)10-8-17)13-19(22)21-12-4-6-16-5-3-11-20-14-16/h3,5,7-11,13-14H,4,6,12H2,1-2H3,(H,21,22)/b15-13+. The molecular formula is C19H22N2O2. The SMILES string of the molecule is COc1ccc(/C(C)=C/C(=O)NCCCc2cccnc2)cc1. The first kappa shape index (κ1) is 16.7. The maximum atomic E-state index is 11.9. The summed E-state index contributed by atoms with van der Waals surface area (Å²) in [6.45, 7) is 2.58. The van der Waals surface area contributed by atoms with Crippen LogP contribution in [-0.4, -0.2) is 24.5 Å². The zero-order valence-electron chi connectivity index (χ0n) is 13.6. The third kappa shape index (κ3) is 5.58. The van der Waals surface area contributed by atoms with Crippen molar-refractivity contribution < 1.29 is 9.53 Å². The van der Waals surface area contributed by atoms with E-state index in [9.17, 15) is 4.79 Å². The normalized spacial score (nSPS) is 11.1. The Balaban J connectivity index is 1.78. The second-order valence-corrected chi connectivity index (χ2v) is 5.31. The van der Waals surface area contributed by atoms with Gasteiger partial charge in [0.2, 0.25) is 5.91 Å². The number of pyridine rings is 1. The monoisotopic (exact) mass is 310 g/mol. The minimum atomic E-state index is -0.0653. The summed E-state index contributed by atoms with van der Waals surface area (Å²) < 4.78 is 5.13. The summed E-state index contributed by atoms with van der Waals surface area (Å²) in [6.07, 6.45) is 7.06. The van der Waals surface area contributed by atoms with Crippen LogP contribution in [0.4, 0.5) is 0 Å². The molecule has 2 rings (SSSR count). The van der Waals surface area contributed by atoms with E-state index in [-0.39, 0.29) is 5.91 Å². The summed E-state index contributed by atoms with van der Waals surface area (Å²) in [5, 5.41) is 2.92. The van der Waals surface area contributed by atoms with Crippen LogP contribution in [0.2, 0.25) is 0 Å². The van der Waals surface area contributed by atoms with Crippen LogP contribution in [0.1, 0.15) is 24.5 Å². The van der Waals surface area contributed by atoms with Crippen LogP contribution in [-0.2, 0) is 11.2 Å². The van der Waals surface area contributed by atoms with Crippen molar-refractivity contribution in [2.45, 2.75) is 19.8 Å². The Morgan fingerprint density at radius 2 is 2.04 bits per heavy atom. The van der Waals surface area contributed by atoms with Crippen LogP contribution in [0.15, 0.2) is 54.9 Å². The van der Waals surface area contributed by atoms with E-state index < -0.39 is 0 Å². The highest BCUT2D eigenvalue weighted by Crippen LogP contribution is 2.17. The second kappa shape index (κ2) is 8.73. The molecule has 1 aromatic heterocycles. The number of methoxy groups -OCH3 is 1. The van der Waals surface area contributed by atoms with Gasteiger partial charge in [0.05, 0.1) is 7.11 Å². The molecule has 0 saturated carbocycles. The van der Waals surface area contributed by atoms with Gasteiger partial charge in [0.15, 0.2) is 0 Å². The van der Waals surface area contributed by atoms with Gasteiger partial charge in [0, 0.05) is 25.0 Å². The number of aromatic nitrogens is 1. The van der Waals surface area contributed by atoms with Gasteiger partial charge in [-0.05, 0) is 54.7 Å². The van der Waals surface area contributed by atoms with Crippen LogP contribution in [0.25, 0.3) is 5.57 Å². The summed E-state index contributed by atoms with van der Waals surface area (Å²) >= 11 is 0. The van der Waals surface area contributed by atoms with Gasteiger partial charge in [-0.1, -0.05) is 18.2 Å². The smallest absolute Gasteiger partial charge is 0.244 e. The predicted molar refractivity (Wildman–Crippen MR) is 92.2 cm³/mol. The average molecular weight is 310 g/mol. The molecule has 4 heteroatoms. The fourth-order valence-electron chi connectivity index (χ4n) is 2.24. The molecule has 1 N–H and O–H groups in total. The van der Waals surface area contributed by atoms with E-state index in [0.717, 1.165) is 29.7 Å². The summed E-state index contributed by atoms with van der Waals surface area (Å²) in [6, 6.07) is 11.6. The van der Waals surface area contributed by atoms with Gasteiger partial charge >= 0.3 is 0 Å². The van der Waals surface area contributed by atoms with Crippen molar-refractivity contribution in [1.29, 1.82) is 0 Å². The zero-order chi connectivity index (χ0) is 16.5. The first-order valence-corrected chi connectivity index (χ1v) is 7.68. The number of amides is 1. The molecule has 1 aromatic carbocycles. The Hall–Kier alpha value is -2.62. The lowest BCUT2D eigenvalue weighted by atomic mass is 10.1. The van der Waals surface area contributed by atoms with Gasteiger partial charge in [0.25, 0.3) is 0 Å². The number of benzene rings is 1. The molecule has 2 aromatic rings. The fourth-order valence-corrected chi connectivity index (χ4v) is 2.24. The van der Waals surface area contributed by atoms with Crippen molar-refractivity contribution in [2.75, 3.05) is 13.7 Å². The van der Waals surface area contributed by atoms with Crippen molar-refractivity contribution in [3.63, 3.8) is 0 Å². The molecule has 0 saturated heterocycles. The molecule has 0 radical (unpaired) electrons. The molecular weight excluding hydrogens is 288 g/mol. The van der Waals surface area contributed by atoms with E-state index in [1.807, 2.05) is 49.5 Å². The van der Waals surface area contributed by atoms with E-state index in [1.54, 1.807) is 19.4 Å². The number of carbonyl (C=O) groups excluding carboxylic acids is 1. The highest BCUT2D eigenvalue weighted by atomic mass is 16.5. The first-order chi connectivity index (χ1) is 11.2. The average Bonchev–Trinajstić information content (AvgIpc) is 2.59. The Labute approximate surface area is 137 Å². The number of ether oxygens (including phenoxy) is 1. The number of nitrogens with zero attached hydrogens (tertiary/aromatic N) is 1. The molecule has 0 aliphatic carbocycles. The molecule has 0 unspecified atom stereocenters. The van der Waals surface area contributed by atoms with Gasteiger partial charge in [-0.25, -0.2) is 0 Å². The van der Waals surface area contributed by atoms with E-state index >= 15 is 0 Å². The summed E-state index contributed by atoms with van der Waals surface area (Å²) in [7, 11) is 1.64. The number of rotatable bonds is 7. The van der Waals surface area contributed by atoms with E-state index in [2.05, 4.69) is 10.3 Å². The van der Waals surface area contributed by atoms with E-state index in [1.165, 1.54) is 5.56 Å². The van der Waals surface area contributed by atoms with Crippen LogP contribution in [0.3, 0.4) is 0 Å². The van der Waals surface area contributed by atoms with Crippen molar-refractivity contribution >= 4 is 11.5 Å². The van der Waals surface area contributed by atoms with Gasteiger partial charge < -0.3 is 10.1 Å². The summed E-state index contributed by atoms with van der Waals surface area (Å²) in [4.78, 5) is 16.0. The molecule has 0 fully saturated rings. The molecule has 1 amide bonds. The molecule has 0 aliphatic heterocycles. The van der Waals surface area contributed by atoms with Crippen molar-refractivity contribution in [2.24, 2.45) is 0 Å². The third-order valence-corrected chi connectivity index (χ3v) is 3.56. The highest BCUT2D eigenvalue weighted by molar-refractivity contribution is 5.94. The number of nitrogens with one attached hydrogen (secondary N) is 1.